The molecular weight excluding hydrogens is 160 g/mol. The molecule has 0 amide bonds. The van der Waals surface area contributed by atoms with Crippen LogP contribution in [0.15, 0.2) is 12.2 Å². The smallest absolute Gasteiger partial charge is 0.126 e. The van der Waals surface area contributed by atoms with Gasteiger partial charge in [0.25, 0.3) is 0 Å². The lowest BCUT2D eigenvalue weighted by Crippen LogP contribution is -2.24. The Hall–Kier alpha value is -0.590. The van der Waals surface area contributed by atoms with Crippen LogP contribution in [-0.4, -0.2) is 6.29 Å². The molecule has 0 aromatic heterocycles. The second-order valence-corrected chi connectivity index (χ2v) is 4.63. The Kier molecular flexibility index (Phi) is 3.71. The van der Waals surface area contributed by atoms with Crippen LogP contribution in [0.3, 0.4) is 0 Å². The van der Waals surface area contributed by atoms with Gasteiger partial charge in [-0.15, -0.1) is 0 Å². The van der Waals surface area contributed by atoms with Crippen LogP contribution in [0.4, 0.5) is 0 Å². The van der Waals surface area contributed by atoms with Crippen LogP contribution < -0.4 is 0 Å². The Morgan fingerprint density at radius 3 is 2.69 bits per heavy atom. The minimum Gasteiger partial charge on any atom is -0.303 e. The highest BCUT2D eigenvalue weighted by molar-refractivity contribution is 5.60. The van der Waals surface area contributed by atoms with Crippen LogP contribution in [0.2, 0.25) is 0 Å². The van der Waals surface area contributed by atoms with Crippen molar-refractivity contribution in [3.05, 3.63) is 12.2 Å². The summed E-state index contributed by atoms with van der Waals surface area (Å²) in [5, 5.41) is 0. The van der Waals surface area contributed by atoms with Crippen molar-refractivity contribution in [3.63, 3.8) is 0 Å². The first-order chi connectivity index (χ1) is 6.18. The first-order valence-corrected chi connectivity index (χ1v) is 5.30. The number of hydrogen-bond acceptors (Lipinski definition) is 1. The van der Waals surface area contributed by atoms with Gasteiger partial charge in [-0.3, -0.25) is 0 Å². The zero-order valence-corrected chi connectivity index (χ0v) is 8.75. The Bertz CT molecular complexity index is 193. The van der Waals surface area contributed by atoms with E-state index in [1.807, 2.05) is 0 Å². The molecule has 1 unspecified atom stereocenters. The molecule has 1 atom stereocenters. The van der Waals surface area contributed by atoms with E-state index in [9.17, 15) is 4.79 Å². The topological polar surface area (TPSA) is 17.1 Å². The largest absolute Gasteiger partial charge is 0.303 e. The molecule has 1 nitrogen and oxygen atoms in total. The molecule has 0 aliphatic heterocycles. The van der Waals surface area contributed by atoms with Gasteiger partial charge in [0.1, 0.15) is 6.29 Å². The lowest BCUT2D eigenvalue weighted by molar-refractivity contribution is -0.117. The van der Waals surface area contributed by atoms with E-state index in [0.717, 1.165) is 25.7 Å². The van der Waals surface area contributed by atoms with Crippen LogP contribution >= 0.6 is 0 Å². The fraction of sp³-hybridized carbons (Fsp3) is 0.750. The summed E-state index contributed by atoms with van der Waals surface area (Å²) in [4.78, 5) is 11.1. The van der Waals surface area contributed by atoms with Gasteiger partial charge in [-0.1, -0.05) is 32.4 Å². The molecule has 1 rings (SSSR count). The highest BCUT2D eigenvalue weighted by Gasteiger charge is 2.29. The van der Waals surface area contributed by atoms with E-state index in [4.69, 9.17) is 0 Å². The van der Waals surface area contributed by atoms with Crippen molar-refractivity contribution in [3.8, 4) is 0 Å². The highest BCUT2D eigenvalue weighted by Crippen LogP contribution is 2.36. The van der Waals surface area contributed by atoms with Crippen molar-refractivity contribution in [1.82, 2.24) is 0 Å². The normalized spacial score (nSPS) is 27.9. The first-order valence-electron chi connectivity index (χ1n) is 5.30. The van der Waals surface area contributed by atoms with Gasteiger partial charge in [-0.05, 0) is 31.6 Å². The summed E-state index contributed by atoms with van der Waals surface area (Å²) in [7, 11) is 0. The number of carbonyl (C=O) groups excluding carboxylic acids is 1. The summed E-state index contributed by atoms with van der Waals surface area (Å²) < 4.78 is 0. The standard InChI is InChI=1S/C12H20O/c1-11(2)6-9-12(10-13)7-4-3-5-8-12/h3-4,10-11H,5-9H2,1-2H3. The molecule has 0 bridgehead atoms. The van der Waals surface area contributed by atoms with Crippen molar-refractivity contribution < 1.29 is 4.79 Å². The zero-order chi connectivity index (χ0) is 9.73. The van der Waals surface area contributed by atoms with Crippen molar-refractivity contribution in [2.75, 3.05) is 0 Å². The van der Waals surface area contributed by atoms with Gasteiger partial charge in [0.15, 0.2) is 0 Å². The van der Waals surface area contributed by atoms with E-state index in [2.05, 4.69) is 26.0 Å². The molecule has 74 valence electrons. The average Bonchev–Trinajstić information content (AvgIpc) is 2.16. The van der Waals surface area contributed by atoms with E-state index in [1.54, 1.807) is 0 Å². The molecule has 0 saturated heterocycles. The average molecular weight is 180 g/mol. The van der Waals surface area contributed by atoms with E-state index >= 15 is 0 Å². The molecule has 0 aromatic carbocycles. The summed E-state index contributed by atoms with van der Waals surface area (Å²) in [6.07, 6.45) is 10.9. The quantitative estimate of drug-likeness (QED) is 0.479. The number of aldehydes is 1. The maximum absolute atomic E-state index is 11.1. The Balaban J connectivity index is 2.49. The maximum Gasteiger partial charge on any atom is 0.126 e. The molecule has 0 aromatic rings. The molecule has 1 aliphatic rings. The van der Waals surface area contributed by atoms with Crippen molar-refractivity contribution in [2.45, 2.75) is 46.0 Å². The molecule has 0 fully saturated rings. The van der Waals surface area contributed by atoms with Crippen LogP contribution in [0.5, 0.6) is 0 Å². The Morgan fingerprint density at radius 1 is 1.46 bits per heavy atom. The monoisotopic (exact) mass is 180 g/mol. The van der Waals surface area contributed by atoms with Gasteiger partial charge in [-0.2, -0.15) is 0 Å². The third-order valence-electron chi connectivity index (χ3n) is 2.97. The minimum absolute atomic E-state index is 0.0149. The van der Waals surface area contributed by atoms with Gasteiger partial charge in [0.2, 0.25) is 0 Å². The lowest BCUT2D eigenvalue weighted by Gasteiger charge is -2.29. The van der Waals surface area contributed by atoms with Crippen LogP contribution in [0.1, 0.15) is 46.0 Å². The molecule has 0 heterocycles. The third kappa shape index (κ3) is 2.98. The second-order valence-electron chi connectivity index (χ2n) is 4.63. The molecule has 0 spiro atoms. The molecule has 13 heavy (non-hydrogen) atoms. The molecule has 1 heteroatoms. The van der Waals surface area contributed by atoms with Crippen molar-refractivity contribution >= 4 is 6.29 Å². The van der Waals surface area contributed by atoms with Crippen LogP contribution in [0.25, 0.3) is 0 Å². The van der Waals surface area contributed by atoms with Crippen LogP contribution in [-0.2, 0) is 4.79 Å². The highest BCUT2D eigenvalue weighted by atomic mass is 16.1. The SMILES string of the molecule is CC(C)CCC1(C=O)CC=CCC1. The summed E-state index contributed by atoms with van der Waals surface area (Å²) in [6.45, 7) is 4.44. The Morgan fingerprint density at radius 2 is 2.23 bits per heavy atom. The number of carbonyl (C=O) groups is 1. The zero-order valence-electron chi connectivity index (χ0n) is 8.75. The van der Waals surface area contributed by atoms with E-state index in [1.165, 1.54) is 12.7 Å². The molecular formula is C12H20O. The van der Waals surface area contributed by atoms with Gasteiger partial charge < -0.3 is 4.79 Å². The van der Waals surface area contributed by atoms with Gasteiger partial charge in [-0.25, -0.2) is 0 Å². The number of rotatable bonds is 4. The van der Waals surface area contributed by atoms with E-state index in [-0.39, 0.29) is 5.41 Å². The maximum atomic E-state index is 11.1. The minimum atomic E-state index is -0.0149. The first kappa shape index (κ1) is 10.5. The van der Waals surface area contributed by atoms with Gasteiger partial charge in [0, 0.05) is 5.41 Å². The summed E-state index contributed by atoms with van der Waals surface area (Å²) in [5.74, 6) is 0.711. The predicted octanol–water partition coefficient (Wildman–Crippen LogP) is 3.35. The number of hydrogen-bond donors (Lipinski definition) is 0. The van der Waals surface area contributed by atoms with Crippen molar-refractivity contribution in [2.24, 2.45) is 11.3 Å². The lowest BCUT2D eigenvalue weighted by atomic mass is 9.74. The molecule has 0 N–H and O–H groups in total. The fourth-order valence-electron chi connectivity index (χ4n) is 1.88. The second kappa shape index (κ2) is 4.59. The van der Waals surface area contributed by atoms with E-state index < -0.39 is 0 Å². The number of allylic oxidation sites excluding steroid dienone is 2. The summed E-state index contributed by atoms with van der Waals surface area (Å²) >= 11 is 0. The van der Waals surface area contributed by atoms with Crippen molar-refractivity contribution in [1.29, 1.82) is 0 Å². The van der Waals surface area contributed by atoms with Crippen LogP contribution in [0, 0.1) is 11.3 Å². The summed E-state index contributed by atoms with van der Waals surface area (Å²) in [5.41, 5.74) is -0.0149. The van der Waals surface area contributed by atoms with Gasteiger partial charge in [0.05, 0.1) is 0 Å². The summed E-state index contributed by atoms with van der Waals surface area (Å²) in [6, 6.07) is 0. The molecule has 0 saturated carbocycles. The molecule has 1 aliphatic carbocycles. The molecule has 0 radical (unpaired) electrons. The van der Waals surface area contributed by atoms with E-state index in [0.29, 0.717) is 5.92 Å². The predicted molar refractivity (Wildman–Crippen MR) is 55.6 cm³/mol. The third-order valence-corrected chi connectivity index (χ3v) is 2.97. The Labute approximate surface area is 81.2 Å². The fourth-order valence-corrected chi connectivity index (χ4v) is 1.88. The van der Waals surface area contributed by atoms with Gasteiger partial charge >= 0.3 is 0 Å².